The highest BCUT2D eigenvalue weighted by Gasteiger charge is 1.95. The summed E-state index contributed by atoms with van der Waals surface area (Å²) in [5.41, 5.74) is 0.701. The molecule has 0 saturated heterocycles. The topological polar surface area (TPSA) is 50.4 Å². The summed E-state index contributed by atoms with van der Waals surface area (Å²) < 4.78 is 1.65. The molecule has 0 fully saturated rings. The van der Waals surface area contributed by atoms with Crippen LogP contribution in [0.2, 0.25) is 0 Å². The van der Waals surface area contributed by atoms with E-state index in [1.165, 1.54) is 6.20 Å². The Morgan fingerprint density at radius 2 is 2.40 bits per heavy atom. The van der Waals surface area contributed by atoms with E-state index < -0.39 is 0 Å². The van der Waals surface area contributed by atoms with Gasteiger partial charge < -0.3 is 5.11 Å². The molecule has 0 atom stereocenters. The molecule has 1 N–H and O–H groups in total. The molecule has 0 aliphatic rings. The van der Waals surface area contributed by atoms with Crippen molar-refractivity contribution in [2.45, 2.75) is 0 Å². The first kappa shape index (κ1) is 5.22. The molecular weight excluding hydrogens is 130 g/mol. The maximum Gasteiger partial charge on any atom is 0.230 e. The molecule has 2 heterocycles. The number of aromatic nitrogens is 3. The van der Waals surface area contributed by atoms with Crippen molar-refractivity contribution in [1.29, 1.82) is 0 Å². The second-order valence-corrected chi connectivity index (χ2v) is 1.94. The Labute approximate surface area is 56.8 Å². The fourth-order valence-electron chi connectivity index (χ4n) is 0.830. The van der Waals surface area contributed by atoms with Crippen LogP contribution in [-0.2, 0) is 0 Å². The van der Waals surface area contributed by atoms with Crippen LogP contribution in [0.3, 0.4) is 0 Å². The predicted octanol–water partition coefficient (Wildman–Crippen LogP) is 0.435. The van der Waals surface area contributed by atoms with Crippen LogP contribution < -0.4 is 0 Å². The van der Waals surface area contributed by atoms with E-state index in [2.05, 4.69) is 9.97 Å². The Hall–Kier alpha value is -1.58. The minimum atomic E-state index is 0.0213. The lowest BCUT2D eigenvalue weighted by Crippen LogP contribution is -1.81. The van der Waals surface area contributed by atoms with Gasteiger partial charge in [0.25, 0.3) is 0 Å². The molecular formula is C6H5N3O. The summed E-state index contributed by atoms with van der Waals surface area (Å²) in [5, 5.41) is 8.90. The van der Waals surface area contributed by atoms with Crippen LogP contribution in [0.4, 0.5) is 0 Å². The summed E-state index contributed by atoms with van der Waals surface area (Å²) in [7, 11) is 0. The maximum absolute atomic E-state index is 8.90. The number of rotatable bonds is 0. The summed E-state index contributed by atoms with van der Waals surface area (Å²) in [5.74, 6) is 0.0213. The molecule has 2 aromatic heterocycles. The third kappa shape index (κ3) is 0.621. The van der Waals surface area contributed by atoms with Crippen molar-refractivity contribution in [3.8, 4) is 5.88 Å². The molecule has 0 amide bonds. The summed E-state index contributed by atoms with van der Waals surface area (Å²) in [6.45, 7) is 0. The van der Waals surface area contributed by atoms with Crippen molar-refractivity contribution in [3.63, 3.8) is 0 Å². The molecule has 0 unspecified atom stereocenters. The highest BCUT2D eigenvalue weighted by molar-refractivity contribution is 5.39. The fourth-order valence-corrected chi connectivity index (χ4v) is 0.830. The van der Waals surface area contributed by atoms with Crippen molar-refractivity contribution < 1.29 is 5.11 Å². The van der Waals surface area contributed by atoms with E-state index in [1.54, 1.807) is 23.0 Å². The van der Waals surface area contributed by atoms with Crippen LogP contribution in [0.25, 0.3) is 5.65 Å². The third-order valence-corrected chi connectivity index (χ3v) is 1.25. The maximum atomic E-state index is 8.90. The Morgan fingerprint density at radius 3 is 3.20 bits per heavy atom. The van der Waals surface area contributed by atoms with Crippen LogP contribution in [-0.4, -0.2) is 19.5 Å². The second-order valence-electron chi connectivity index (χ2n) is 1.94. The van der Waals surface area contributed by atoms with E-state index in [1.807, 2.05) is 0 Å². The highest BCUT2D eigenvalue weighted by Crippen LogP contribution is 2.06. The van der Waals surface area contributed by atoms with E-state index in [4.69, 9.17) is 5.11 Å². The van der Waals surface area contributed by atoms with Crippen LogP contribution in [0.1, 0.15) is 0 Å². The Morgan fingerprint density at radius 1 is 1.50 bits per heavy atom. The first-order valence-electron chi connectivity index (χ1n) is 2.84. The standard InChI is InChI=1S/C6H5N3O/c10-6-3-9-4-7-2-1-5(9)8-6/h1-4,10H. The van der Waals surface area contributed by atoms with E-state index in [9.17, 15) is 0 Å². The number of imidazole rings is 1. The SMILES string of the molecule is Oc1cn2cnccc2n1. The molecule has 0 saturated carbocycles. The van der Waals surface area contributed by atoms with Gasteiger partial charge in [0.05, 0.1) is 6.20 Å². The molecule has 0 radical (unpaired) electrons. The molecule has 0 aliphatic heterocycles. The predicted molar refractivity (Wildman–Crippen MR) is 34.7 cm³/mol. The van der Waals surface area contributed by atoms with Crippen molar-refractivity contribution in [2.75, 3.05) is 0 Å². The van der Waals surface area contributed by atoms with Crippen LogP contribution >= 0.6 is 0 Å². The van der Waals surface area contributed by atoms with Crippen LogP contribution in [0, 0.1) is 0 Å². The van der Waals surface area contributed by atoms with Gasteiger partial charge in [-0.15, -0.1) is 0 Å². The fraction of sp³-hybridized carbons (Fsp3) is 0. The average molecular weight is 135 g/mol. The largest absolute Gasteiger partial charge is 0.492 e. The monoisotopic (exact) mass is 135 g/mol. The van der Waals surface area contributed by atoms with Gasteiger partial charge in [0.15, 0.2) is 0 Å². The van der Waals surface area contributed by atoms with Gasteiger partial charge in [0.1, 0.15) is 12.0 Å². The quantitative estimate of drug-likeness (QED) is 0.570. The Kier molecular flexibility index (Phi) is 0.887. The highest BCUT2D eigenvalue weighted by atomic mass is 16.3. The van der Waals surface area contributed by atoms with Crippen LogP contribution in [0.5, 0.6) is 5.88 Å². The zero-order chi connectivity index (χ0) is 6.97. The van der Waals surface area contributed by atoms with E-state index in [-0.39, 0.29) is 5.88 Å². The zero-order valence-corrected chi connectivity index (χ0v) is 5.10. The number of hydrogen-bond donors (Lipinski definition) is 1. The summed E-state index contributed by atoms with van der Waals surface area (Å²) >= 11 is 0. The molecule has 2 rings (SSSR count). The minimum absolute atomic E-state index is 0.0213. The van der Waals surface area contributed by atoms with Gasteiger partial charge in [-0.1, -0.05) is 0 Å². The van der Waals surface area contributed by atoms with Crippen molar-refractivity contribution in [3.05, 3.63) is 24.8 Å². The molecule has 0 spiro atoms. The van der Waals surface area contributed by atoms with Gasteiger partial charge in [0, 0.05) is 6.20 Å². The smallest absolute Gasteiger partial charge is 0.230 e. The second kappa shape index (κ2) is 1.70. The number of nitrogens with zero attached hydrogens (tertiary/aromatic N) is 3. The Bertz CT molecular complexity index is 322. The van der Waals surface area contributed by atoms with Gasteiger partial charge in [-0.3, -0.25) is 4.40 Å². The normalized spacial score (nSPS) is 10.4. The van der Waals surface area contributed by atoms with Gasteiger partial charge in [-0.2, -0.15) is 4.98 Å². The first-order chi connectivity index (χ1) is 4.86. The summed E-state index contributed by atoms with van der Waals surface area (Å²) in [4.78, 5) is 7.63. The molecule has 50 valence electrons. The van der Waals surface area contributed by atoms with Gasteiger partial charge in [-0.05, 0) is 6.07 Å². The lowest BCUT2D eigenvalue weighted by Gasteiger charge is -1.85. The van der Waals surface area contributed by atoms with E-state index >= 15 is 0 Å². The third-order valence-electron chi connectivity index (χ3n) is 1.25. The van der Waals surface area contributed by atoms with E-state index in [0.717, 1.165) is 0 Å². The molecule has 0 aromatic carbocycles. The van der Waals surface area contributed by atoms with Crippen molar-refractivity contribution in [2.24, 2.45) is 0 Å². The van der Waals surface area contributed by atoms with Crippen LogP contribution in [0.15, 0.2) is 24.8 Å². The lowest BCUT2D eigenvalue weighted by molar-refractivity contribution is 0.457. The van der Waals surface area contributed by atoms with Gasteiger partial charge >= 0.3 is 0 Å². The van der Waals surface area contributed by atoms with Crippen molar-refractivity contribution >= 4 is 5.65 Å². The van der Waals surface area contributed by atoms with Gasteiger partial charge in [0.2, 0.25) is 5.88 Å². The van der Waals surface area contributed by atoms with Crippen molar-refractivity contribution in [1.82, 2.24) is 14.4 Å². The average Bonchev–Trinajstić information content (AvgIpc) is 2.27. The molecule has 0 aliphatic carbocycles. The zero-order valence-electron chi connectivity index (χ0n) is 5.10. The molecule has 2 aromatic rings. The number of hydrogen-bond acceptors (Lipinski definition) is 3. The van der Waals surface area contributed by atoms with E-state index in [0.29, 0.717) is 5.65 Å². The summed E-state index contributed by atoms with van der Waals surface area (Å²) in [6, 6.07) is 1.72. The number of fused-ring (bicyclic) bond motifs is 1. The number of aromatic hydroxyl groups is 1. The summed E-state index contributed by atoms with van der Waals surface area (Å²) in [6.07, 6.45) is 4.71. The molecule has 10 heavy (non-hydrogen) atoms. The molecule has 4 heteroatoms. The lowest BCUT2D eigenvalue weighted by atomic mass is 10.6. The molecule has 0 bridgehead atoms. The minimum Gasteiger partial charge on any atom is -0.492 e. The Balaban J connectivity index is 2.88. The van der Waals surface area contributed by atoms with Gasteiger partial charge in [-0.25, -0.2) is 4.98 Å². The molecule has 4 nitrogen and oxygen atoms in total. The first-order valence-corrected chi connectivity index (χ1v) is 2.84.